The van der Waals surface area contributed by atoms with Gasteiger partial charge in [-0.15, -0.1) is 0 Å². The molecule has 0 spiro atoms. The predicted octanol–water partition coefficient (Wildman–Crippen LogP) is 3.26. The largest absolute Gasteiger partial charge is 0.495 e. The van der Waals surface area contributed by atoms with Crippen molar-refractivity contribution in [1.29, 1.82) is 0 Å². The van der Waals surface area contributed by atoms with E-state index in [4.69, 9.17) is 4.74 Å². The van der Waals surface area contributed by atoms with Gasteiger partial charge in [-0.3, -0.25) is 24.0 Å². The molecule has 0 fully saturated rings. The summed E-state index contributed by atoms with van der Waals surface area (Å²) in [4.78, 5) is 38.9. The van der Waals surface area contributed by atoms with Crippen molar-refractivity contribution in [2.24, 2.45) is 5.92 Å². The number of non-ortho nitro benzene ring substituents is 1. The summed E-state index contributed by atoms with van der Waals surface area (Å²) >= 11 is 0. The van der Waals surface area contributed by atoms with Crippen molar-refractivity contribution in [2.45, 2.75) is 46.7 Å². The highest BCUT2D eigenvalue weighted by Crippen LogP contribution is 2.34. The number of carbonyl (C=O) groups excluding carboxylic acids is 2. The zero-order valence-electron chi connectivity index (χ0n) is 22.6. The first-order chi connectivity index (χ1) is 17.8. The lowest BCUT2D eigenvalue weighted by atomic mass is 10.1. The third-order valence-electron chi connectivity index (χ3n) is 5.87. The molecular formula is C26H36N4O7S. The number of nitro benzene ring substituents is 1. The highest BCUT2D eigenvalue weighted by molar-refractivity contribution is 7.92. The average Bonchev–Trinajstić information content (AvgIpc) is 2.85. The van der Waals surface area contributed by atoms with Gasteiger partial charge >= 0.3 is 0 Å². The van der Waals surface area contributed by atoms with Crippen LogP contribution in [-0.2, 0) is 26.2 Å². The Morgan fingerprint density at radius 2 is 1.76 bits per heavy atom. The number of amides is 2. The number of hydrogen-bond donors (Lipinski definition) is 1. The Morgan fingerprint density at radius 1 is 1.13 bits per heavy atom. The summed E-state index contributed by atoms with van der Waals surface area (Å²) in [7, 11) is -2.80. The zero-order chi connectivity index (χ0) is 28.6. The maximum absolute atomic E-state index is 13.8. The lowest BCUT2D eigenvalue weighted by Gasteiger charge is -2.33. The minimum Gasteiger partial charge on any atom is -0.495 e. The third-order valence-corrected chi connectivity index (χ3v) is 6.99. The normalized spacial score (nSPS) is 12.1. The first kappa shape index (κ1) is 30.6. The summed E-state index contributed by atoms with van der Waals surface area (Å²) in [6.07, 6.45) is 1.19. The summed E-state index contributed by atoms with van der Waals surface area (Å²) in [6, 6.07) is 10.1. The summed E-state index contributed by atoms with van der Waals surface area (Å²) in [5, 5.41) is 14.2. The molecule has 0 saturated heterocycles. The summed E-state index contributed by atoms with van der Waals surface area (Å²) in [5.41, 5.74) is 1.27. The van der Waals surface area contributed by atoms with Crippen LogP contribution in [0.1, 0.15) is 38.3 Å². The van der Waals surface area contributed by atoms with Crippen LogP contribution in [0.3, 0.4) is 0 Å². The number of nitro groups is 1. The Balaban J connectivity index is 2.53. The number of nitrogens with one attached hydrogen (secondary N) is 1. The monoisotopic (exact) mass is 548 g/mol. The van der Waals surface area contributed by atoms with Crippen molar-refractivity contribution in [3.8, 4) is 5.75 Å². The summed E-state index contributed by atoms with van der Waals surface area (Å²) in [5.74, 6) is -0.753. The van der Waals surface area contributed by atoms with Gasteiger partial charge in [0.1, 0.15) is 24.0 Å². The van der Waals surface area contributed by atoms with Crippen molar-refractivity contribution in [3.05, 3.63) is 63.7 Å². The van der Waals surface area contributed by atoms with Gasteiger partial charge in [-0.1, -0.05) is 50.6 Å². The molecule has 38 heavy (non-hydrogen) atoms. The third kappa shape index (κ3) is 8.17. The maximum Gasteiger partial charge on any atom is 0.271 e. The number of nitrogens with zero attached hydrogens (tertiary/aromatic N) is 3. The Morgan fingerprint density at radius 3 is 2.26 bits per heavy atom. The fourth-order valence-electron chi connectivity index (χ4n) is 3.81. The molecule has 2 rings (SSSR count). The summed E-state index contributed by atoms with van der Waals surface area (Å²) in [6.45, 7) is 7.40. The van der Waals surface area contributed by atoms with E-state index in [1.807, 2.05) is 45.0 Å². The van der Waals surface area contributed by atoms with E-state index in [-0.39, 0.29) is 35.5 Å². The fourth-order valence-corrected chi connectivity index (χ4v) is 4.66. The fraction of sp³-hybridized carbons (Fsp3) is 0.462. The molecule has 11 nitrogen and oxygen atoms in total. The molecule has 12 heteroatoms. The molecule has 0 radical (unpaired) electrons. The van der Waals surface area contributed by atoms with Gasteiger partial charge in [0.05, 0.1) is 18.3 Å². The van der Waals surface area contributed by atoms with Crippen molar-refractivity contribution in [2.75, 3.05) is 30.8 Å². The molecule has 2 amide bonds. The predicted molar refractivity (Wildman–Crippen MR) is 145 cm³/mol. The van der Waals surface area contributed by atoms with Crippen LogP contribution < -0.4 is 14.4 Å². The number of sulfonamides is 1. The van der Waals surface area contributed by atoms with Gasteiger partial charge in [0.2, 0.25) is 21.8 Å². The van der Waals surface area contributed by atoms with Crippen molar-refractivity contribution in [1.82, 2.24) is 10.2 Å². The maximum atomic E-state index is 13.8. The van der Waals surface area contributed by atoms with Crippen LogP contribution in [-0.4, -0.2) is 62.6 Å². The minimum atomic E-state index is -4.09. The molecular weight excluding hydrogens is 512 g/mol. The number of rotatable bonds is 13. The van der Waals surface area contributed by atoms with Crippen LogP contribution in [0.5, 0.6) is 5.75 Å². The molecule has 0 heterocycles. The Hall–Kier alpha value is -3.67. The zero-order valence-corrected chi connectivity index (χ0v) is 23.4. The second kappa shape index (κ2) is 13.2. The topological polar surface area (TPSA) is 139 Å². The van der Waals surface area contributed by atoms with Crippen molar-refractivity contribution in [3.63, 3.8) is 0 Å². The first-order valence-corrected chi connectivity index (χ1v) is 14.1. The first-order valence-electron chi connectivity index (χ1n) is 12.2. The molecule has 0 unspecified atom stereocenters. The van der Waals surface area contributed by atoms with E-state index in [0.717, 1.165) is 27.8 Å². The lowest BCUT2D eigenvalue weighted by Crippen LogP contribution is -2.52. The van der Waals surface area contributed by atoms with Crippen LogP contribution in [0.2, 0.25) is 0 Å². The molecule has 0 saturated carbocycles. The minimum absolute atomic E-state index is 0.0422. The number of aryl methyl sites for hydroxylation is 1. The Kier molecular flexibility index (Phi) is 10.6. The highest BCUT2D eigenvalue weighted by atomic mass is 32.2. The molecule has 208 valence electrons. The van der Waals surface area contributed by atoms with E-state index in [1.165, 1.54) is 24.1 Å². The number of methoxy groups -OCH3 is 1. The average molecular weight is 549 g/mol. The van der Waals surface area contributed by atoms with Gasteiger partial charge in [0, 0.05) is 25.2 Å². The van der Waals surface area contributed by atoms with Gasteiger partial charge < -0.3 is 15.0 Å². The SMILES string of the molecule is CC[C@@H](C(=O)NCC(C)C)N(Cc1ccc(C)cc1)C(=O)CN(c1cc([N+](=O)[O-])ccc1OC)S(C)(=O)=O. The van der Waals surface area contributed by atoms with E-state index < -0.39 is 33.4 Å². The van der Waals surface area contributed by atoms with Crippen LogP contribution >= 0.6 is 0 Å². The molecule has 0 aliphatic carbocycles. The van der Waals surface area contributed by atoms with Crippen molar-refractivity contribution >= 4 is 33.2 Å². The molecule has 0 aliphatic heterocycles. The molecule has 0 aromatic heterocycles. The second-order valence-electron chi connectivity index (χ2n) is 9.45. The molecule has 1 atom stereocenters. The smallest absolute Gasteiger partial charge is 0.271 e. The van der Waals surface area contributed by atoms with Crippen LogP contribution in [0.15, 0.2) is 42.5 Å². The van der Waals surface area contributed by atoms with Crippen LogP contribution in [0.4, 0.5) is 11.4 Å². The molecule has 2 aromatic rings. The summed E-state index contributed by atoms with van der Waals surface area (Å²) < 4.78 is 31.7. The highest BCUT2D eigenvalue weighted by Gasteiger charge is 2.33. The number of benzene rings is 2. The van der Waals surface area contributed by atoms with Gasteiger partial charge in [-0.05, 0) is 30.9 Å². The van der Waals surface area contributed by atoms with Gasteiger partial charge in [0.15, 0.2) is 0 Å². The number of anilines is 1. The van der Waals surface area contributed by atoms with E-state index in [0.29, 0.717) is 13.0 Å². The number of carbonyl (C=O) groups is 2. The standard InChI is InChI=1S/C26H36N4O7S/c1-7-22(26(32)27-15-18(2)3)28(16-20-10-8-19(4)9-11-20)25(31)17-29(38(6,35)36)23-14-21(30(33)34)12-13-24(23)37-5/h8-14,18,22H,7,15-17H2,1-6H3,(H,27,32)/t22-/m0/s1. The Labute approximate surface area is 224 Å². The molecule has 0 bridgehead atoms. The van der Waals surface area contributed by atoms with E-state index >= 15 is 0 Å². The van der Waals surface area contributed by atoms with Gasteiger partial charge in [0.25, 0.3) is 5.69 Å². The number of hydrogen-bond acceptors (Lipinski definition) is 7. The molecule has 0 aliphatic rings. The molecule has 1 N–H and O–H groups in total. The van der Waals surface area contributed by atoms with Gasteiger partial charge in [-0.2, -0.15) is 0 Å². The van der Waals surface area contributed by atoms with E-state index in [9.17, 15) is 28.1 Å². The van der Waals surface area contributed by atoms with Crippen molar-refractivity contribution < 1.29 is 27.7 Å². The second-order valence-corrected chi connectivity index (χ2v) is 11.4. The van der Waals surface area contributed by atoms with E-state index in [2.05, 4.69) is 5.32 Å². The van der Waals surface area contributed by atoms with Gasteiger partial charge in [-0.25, -0.2) is 8.42 Å². The lowest BCUT2D eigenvalue weighted by molar-refractivity contribution is -0.384. The van der Waals surface area contributed by atoms with E-state index in [1.54, 1.807) is 6.92 Å². The van der Waals surface area contributed by atoms with Crippen LogP contribution in [0.25, 0.3) is 0 Å². The molecule has 2 aromatic carbocycles. The van der Waals surface area contributed by atoms with Crippen LogP contribution in [0, 0.1) is 23.0 Å². The Bertz CT molecular complexity index is 1250. The quantitative estimate of drug-likeness (QED) is 0.299. The number of ether oxygens (including phenoxy) is 1.